The molecular weight excluding hydrogens is 240 g/mol. The van der Waals surface area contributed by atoms with Crippen molar-refractivity contribution >= 4 is 11.6 Å². The zero-order valence-corrected chi connectivity index (χ0v) is 11.2. The molecule has 0 bridgehead atoms. The number of aryl methyl sites for hydroxylation is 1. The molecule has 0 aromatic carbocycles. The average molecular weight is 260 g/mol. The highest BCUT2D eigenvalue weighted by molar-refractivity contribution is 5.44. The number of aliphatic hydroxyl groups is 1. The van der Waals surface area contributed by atoms with E-state index < -0.39 is 0 Å². The Morgan fingerprint density at radius 2 is 2.11 bits per heavy atom. The first kappa shape index (κ1) is 12.4. The van der Waals surface area contributed by atoms with Crippen LogP contribution < -0.4 is 5.32 Å². The number of aliphatic hydroxyl groups excluding tert-OH is 1. The van der Waals surface area contributed by atoms with Gasteiger partial charge < -0.3 is 10.4 Å². The third-order valence-corrected chi connectivity index (χ3v) is 3.91. The van der Waals surface area contributed by atoms with Gasteiger partial charge in [-0.25, -0.2) is 4.52 Å². The number of rotatable bonds is 3. The quantitative estimate of drug-likeness (QED) is 0.886. The normalized spacial score (nSPS) is 23.7. The molecule has 2 heterocycles. The second-order valence-corrected chi connectivity index (χ2v) is 5.43. The molecule has 19 heavy (non-hydrogen) atoms. The molecule has 5 nitrogen and oxygen atoms in total. The van der Waals surface area contributed by atoms with Crippen LogP contribution >= 0.6 is 0 Å². The van der Waals surface area contributed by atoms with Crippen LogP contribution in [0.2, 0.25) is 0 Å². The summed E-state index contributed by atoms with van der Waals surface area (Å²) in [5, 5.41) is 17.3. The van der Waals surface area contributed by atoms with E-state index in [0.29, 0.717) is 11.9 Å². The molecule has 2 aromatic heterocycles. The van der Waals surface area contributed by atoms with E-state index in [1.807, 2.05) is 29.6 Å². The molecule has 0 radical (unpaired) electrons. The number of hydrogen-bond acceptors (Lipinski definition) is 4. The Labute approximate surface area is 112 Å². The molecule has 0 saturated heterocycles. The molecular formula is C14H20N4O. The van der Waals surface area contributed by atoms with Crippen LogP contribution in [0.5, 0.6) is 0 Å². The first-order chi connectivity index (χ1) is 9.22. The van der Waals surface area contributed by atoms with Gasteiger partial charge in [0.25, 0.3) is 0 Å². The summed E-state index contributed by atoms with van der Waals surface area (Å²) in [4.78, 5) is 4.46. The van der Waals surface area contributed by atoms with Crippen LogP contribution in [0.3, 0.4) is 0 Å². The number of aromatic nitrogens is 3. The lowest BCUT2D eigenvalue weighted by molar-refractivity contribution is 0.111. The van der Waals surface area contributed by atoms with Gasteiger partial charge in [0, 0.05) is 12.2 Å². The SMILES string of the molecule is Cc1cccc2nc(NCC3CCC(O)CC3)nn12. The first-order valence-corrected chi connectivity index (χ1v) is 6.97. The van der Waals surface area contributed by atoms with Gasteiger partial charge in [0.2, 0.25) is 5.95 Å². The molecule has 1 saturated carbocycles. The number of nitrogens with zero attached hydrogens (tertiary/aromatic N) is 3. The molecule has 1 aliphatic carbocycles. The minimum absolute atomic E-state index is 0.0905. The van der Waals surface area contributed by atoms with Crippen LogP contribution in [0.1, 0.15) is 31.4 Å². The Bertz CT molecular complexity index is 558. The first-order valence-electron chi connectivity index (χ1n) is 6.97. The van der Waals surface area contributed by atoms with Gasteiger partial charge in [0.05, 0.1) is 6.10 Å². The van der Waals surface area contributed by atoms with Crippen molar-refractivity contribution < 1.29 is 5.11 Å². The fourth-order valence-corrected chi connectivity index (χ4v) is 2.70. The maximum absolute atomic E-state index is 9.49. The van der Waals surface area contributed by atoms with Crippen molar-refractivity contribution in [2.75, 3.05) is 11.9 Å². The molecule has 0 atom stereocenters. The fraction of sp³-hybridized carbons (Fsp3) is 0.571. The summed E-state index contributed by atoms with van der Waals surface area (Å²) in [6.07, 6.45) is 3.92. The molecule has 0 unspecified atom stereocenters. The van der Waals surface area contributed by atoms with Crippen LogP contribution in [0.25, 0.3) is 5.65 Å². The third kappa shape index (κ3) is 2.71. The van der Waals surface area contributed by atoms with Crippen molar-refractivity contribution in [1.29, 1.82) is 0 Å². The Morgan fingerprint density at radius 3 is 2.84 bits per heavy atom. The van der Waals surface area contributed by atoms with E-state index in [2.05, 4.69) is 15.4 Å². The lowest BCUT2D eigenvalue weighted by Gasteiger charge is -2.25. The zero-order chi connectivity index (χ0) is 13.2. The van der Waals surface area contributed by atoms with E-state index in [1.54, 1.807) is 0 Å². The summed E-state index contributed by atoms with van der Waals surface area (Å²) in [7, 11) is 0. The van der Waals surface area contributed by atoms with Crippen molar-refractivity contribution in [2.24, 2.45) is 5.92 Å². The zero-order valence-electron chi connectivity index (χ0n) is 11.2. The number of anilines is 1. The van der Waals surface area contributed by atoms with Gasteiger partial charge in [-0.2, -0.15) is 4.98 Å². The summed E-state index contributed by atoms with van der Waals surface area (Å²) in [6, 6.07) is 5.97. The van der Waals surface area contributed by atoms with Crippen LogP contribution in [0, 0.1) is 12.8 Å². The lowest BCUT2D eigenvalue weighted by Crippen LogP contribution is -2.23. The molecule has 2 aromatic rings. The lowest BCUT2D eigenvalue weighted by atomic mass is 9.87. The van der Waals surface area contributed by atoms with Gasteiger partial charge >= 0.3 is 0 Å². The standard InChI is InChI=1S/C14H20N4O/c1-10-3-2-4-13-16-14(17-18(10)13)15-9-11-5-7-12(19)8-6-11/h2-4,11-12,19H,5-9H2,1H3,(H,15,17). The van der Waals surface area contributed by atoms with Crippen molar-refractivity contribution in [2.45, 2.75) is 38.7 Å². The number of pyridine rings is 1. The minimum atomic E-state index is -0.0905. The highest BCUT2D eigenvalue weighted by Gasteiger charge is 2.19. The molecule has 0 aliphatic heterocycles. The monoisotopic (exact) mass is 260 g/mol. The van der Waals surface area contributed by atoms with E-state index in [1.165, 1.54) is 0 Å². The highest BCUT2D eigenvalue weighted by atomic mass is 16.3. The maximum atomic E-state index is 9.49. The van der Waals surface area contributed by atoms with Crippen LogP contribution in [-0.4, -0.2) is 32.4 Å². The molecule has 1 fully saturated rings. The van der Waals surface area contributed by atoms with Crippen molar-refractivity contribution in [3.63, 3.8) is 0 Å². The summed E-state index contributed by atoms with van der Waals surface area (Å²) >= 11 is 0. The minimum Gasteiger partial charge on any atom is -0.393 e. The fourth-order valence-electron chi connectivity index (χ4n) is 2.70. The van der Waals surface area contributed by atoms with Gasteiger partial charge in [-0.15, -0.1) is 5.10 Å². The topological polar surface area (TPSA) is 62.5 Å². The van der Waals surface area contributed by atoms with Gasteiger partial charge in [-0.3, -0.25) is 0 Å². The van der Waals surface area contributed by atoms with Gasteiger partial charge in [0.1, 0.15) is 0 Å². The smallest absolute Gasteiger partial charge is 0.243 e. The van der Waals surface area contributed by atoms with E-state index in [9.17, 15) is 5.11 Å². The summed E-state index contributed by atoms with van der Waals surface area (Å²) < 4.78 is 1.85. The Hall–Kier alpha value is -1.62. The predicted molar refractivity (Wildman–Crippen MR) is 74.2 cm³/mol. The molecule has 102 valence electrons. The van der Waals surface area contributed by atoms with Gasteiger partial charge in [0.15, 0.2) is 5.65 Å². The Morgan fingerprint density at radius 1 is 1.32 bits per heavy atom. The maximum Gasteiger partial charge on any atom is 0.243 e. The third-order valence-electron chi connectivity index (χ3n) is 3.91. The van der Waals surface area contributed by atoms with E-state index in [4.69, 9.17) is 0 Å². The Kier molecular flexibility index (Phi) is 3.38. The van der Waals surface area contributed by atoms with Gasteiger partial charge in [-0.1, -0.05) is 6.07 Å². The molecule has 3 rings (SSSR count). The second-order valence-electron chi connectivity index (χ2n) is 5.43. The number of hydrogen-bond donors (Lipinski definition) is 2. The largest absolute Gasteiger partial charge is 0.393 e. The van der Waals surface area contributed by atoms with Crippen LogP contribution in [0.4, 0.5) is 5.95 Å². The summed E-state index contributed by atoms with van der Waals surface area (Å²) in [5.41, 5.74) is 1.96. The Balaban J connectivity index is 1.64. The van der Waals surface area contributed by atoms with E-state index >= 15 is 0 Å². The van der Waals surface area contributed by atoms with Gasteiger partial charge in [-0.05, 0) is 50.7 Å². The van der Waals surface area contributed by atoms with Crippen molar-refractivity contribution in [3.8, 4) is 0 Å². The number of fused-ring (bicyclic) bond motifs is 1. The average Bonchev–Trinajstić information content (AvgIpc) is 2.83. The van der Waals surface area contributed by atoms with Crippen LogP contribution in [0.15, 0.2) is 18.2 Å². The van der Waals surface area contributed by atoms with E-state index in [0.717, 1.165) is 43.6 Å². The van der Waals surface area contributed by atoms with Crippen molar-refractivity contribution in [1.82, 2.24) is 14.6 Å². The summed E-state index contributed by atoms with van der Waals surface area (Å²) in [5.74, 6) is 1.32. The van der Waals surface area contributed by atoms with Crippen molar-refractivity contribution in [3.05, 3.63) is 23.9 Å². The second kappa shape index (κ2) is 5.17. The highest BCUT2D eigenvalue weighted by Crippen LogP contribution is 2.24. The number of nitrogens with one attached hydrogen (secondary N) is 1. The summed E-state index contributed by atoms with van der Waals surface area (Å²) in [6.45, 7) is 2.91. The predicted octanol–water partition coefficient (Wildman–Crippen LogP) is 2.00. The van der Waals surface area contributed by atoms with E-state index in [-0.39, 0.29) is 6.10 Å². The molecule has 5 heteroatoms. The molecule has 1 aliphatic rings. The van der Waals surface area contributed by atoms with Crippen LogP contribution in [-0.2, 0) is 0 Å². The molecule has 0 spiro atoms. The molecule has 0 amide bonds. The molecule has 2 N–H and O–H groups in total.